The second-order valence-corrected chi connectivity index (χ2v) is 10.5. The summed E-state index contributed by atoms with van der Waals surface area (Å²) in [5.41, 5.74) is 3.87. The van der Waals surface area contributed by atoms with E-state index in [0.29, 0.717) is 0 Å². The van der Waals surface area contributed by atoms with Crippen molar-refractivity contribution < 1.29 is 8.42 Å². The van der Waals surface area contributed by atoms with Crippen LogP contribution in [0.3, 0.4) is 0 Å². The van der Waals surface area contributed by atoms with Crippen molar-refractivity contribution in [2.45, 2.75) is 56.2 Å². The van der Waals surface area contributed by atoms with Crippen LogP contribution in [0.4, 0.5) is 11.5 Å². The number of hydrogen-bond donors (Lipinski definition) is 0. The summed E-state index contributed by atoms with van der Waals surface area (Å²) >= 11 is 0. The van der Waals surface area contributed by atoms with Gasteiger partial charge in [0.25, 0.3) is 0 Å². The molecule has 0 radical (unpaired) electrons. The number of hydrogen-bond acceptors (Lipinski definition) is 6. The summed E-state index contributed by atoms with van der Waals surface area (Å²) in [5, 5.41) is 8.21. The van der Waals surface area contributed by atoms with E-state index in [2.05, 4.69) is 52.0 Å². The zero-order chi connectivity index (χ0) is 20.4. The first-order valence-electron chi connectivity index (χ1n) is 10.6. The van der Waals surface area contributed by atoms with Crippen LogP contribution in [0.5, 0.6) is 0 Å². The number of benzene rings is 1. The molecule has 0 amide bonds. The van der Waals surface area contributed by atoms with Crippen LogP contribution < -0.4 is 9.80 Å². The number of anilines is 2. The molecule has 2 aliphatic rings. The highest BCUT2D eigenvalue weighted by molar-refractivity contribution is 7.92. The lowest BCUT2D eigenvalue weighted by atomic mass is 10.0. The molecule has 1 saturated carbocycles. The first kappa shape index (κ1) is 20.1. The number of aromatic nitrogens is 2. The summed E-state index contributed by atoms with van der Waals surface area (Å²) in [6.07, 6.45) is 4.59. The Morgan fingerprint density at radius 3 is 2.17 bits per heavy atom. The fourth-order valence-corrected chi connectivity index (χ4v) is 6.22. The Labute approximate surface area is 173 Å². The van der Waals surface area contributed by atoms with Gasteiger partial charge >= 0.3 is 0 Å². The molecule has 156 valence electrons. The van der Waals surface area contributed by atoms with E-state index in [1.165, 1.54) is 16.8 Å². The van der Waals surface area contributed by atoms with E-state index < -0.39 is 9.84 Å². The van der Waals surface area contributed by atoms with Gasteiger partial charge in [0.15, 0.2) is 20.7 Å². The predicted octanol–water partition coefficient (Wildman–Crippen LogP) is 3.53. The van der Waals surface area contributed by atoms with Crippen LogP contribution >= 0.6 is 0 Å². The van der Waals surface area contributed by atoms with Gasteiger partial charge in [-0.25, -0.2) is 8.42 Å². The Morgan fingerprint density at radius 2 is 1.55 bits per heavy atom. The first-order chi connectivity index (χ1) is 13.9. The van der Waals surface area contributed by atoms with Crippen molar-refractivity contribution in [3.05, 3.63) is 41.5 Å². The molecule has 0 unspecified atom stereocenters. The number of rotatable bonds is 4. The molecule has 0 atom stereocenters. The summed E-state index contributed by atoms with van der Waals surface area (Å²) in [5.74, 6) is 0.757. The van der Waals surface area contributed by atoms with Crippen LogP contribution in [0.1, 0.15) is 43.2 Å². The lowest BCUT2D eigenvalue weighted by Crippen LogP contribution is -2.47. The zero-order valence-corrected chi connectivity index (χ0v) is 18.2. The molecule has 0 bridgehead atoms. The molecule has 4 rings (SSSR count). The quantitative estimate of drug-likeness (QED) is 0.763. The standard InChI is InChI=1S/C22H30N4O2S/c1-17-8-9-20(18(2)16-17)25-12-14-26(15-13-25)21-10-11-22(24-23-21)29(27,28)19-6-4-3-5-7-19/h8-11,16,19H,3-7,12-15H2,1-2H3. The third-order valence-electron chi connectivity index (χ3n) is 6.21. The minimum atomic E-state index is -3.36. The Balaban J connectivity index is 1.41. The largest absolute Gasteiger partial charge is 0.368 e. The normalized spacial score (nSPS) is 18.8. The second kappa shape index (κ2) is 8.30. The minimum Gasteiger partial charge on any atom is -0.368 e. The van der Waals surface area contributed by atoms with Crippen molar-refractivity contribution in [3.63, 3.8) is 0 Å². The molecule has 29 heavy (non-hydrogen) atoms. The molecule has 1 aliphatic heterocycles. The molecule has 0 spiro atoms. The molecule has 2 heterocycles. The molecule has 1 aromatic carbocycles. The third kappa shape index (κ3) is 4.25. The van der Waals surface area contributed by atoms with Gasteiger partial charge in [-0.3, -0.25) is 0 Å². The van der Waals surface area contributed by atoms with E-state index >= 15 is 0 Å². The van der Waals surface area contributed by atoms with Crippen LogP contribution in [0.15, 0.2) is 35.4 Å². The lowest BCUT2D eigenvalue weighted by Gasteiger charge is -2.37. The second-order valence-electron chi connectivity index (χ2n) is 8.30. The van der Waals surface area contributed by atoms with Crippen molar-refractivity contribution in [2.24, 2.45) is 0 Å². The molecule has 0 N–H and O–H groups in total. The van der Waals surface area contributed by atoms with Crippen LogP contribution in [0.2, 0.25) is 0 Å². The van der Waals surface area contributed by atoms with Crippen molar-refractivity contribution in [2.75, 3.05) is 36.0 Å². The van der Waals surface area contributed by atoms with Crippen LogP contribution in [0.25, 0.3) is 0 Å². The van der Waals surface area contributed by atoms with Gasteiger partial charge in [0.2, 0.25) is 0 Å². The highest BCUT2D eigenvalue weighted by Gasteiger charge is 2.30. The van der Waals surface area contributed by atoms with Crippen LogP contribution in [0, 0.1) is 13.8 Å². The Morgan fingerprint density at radius 1 is 0.862 bits per heavy atom. The van der Waals surface area contributed by atoms with Crippen LogP contribution in [-0.4, -0.2) is 50.0 Å². The summed E-state index contributed by atoms with van der Waals surface area (Å²) in [6.45, 7) is 7.78. The van der Waals surface area contributed by atoms with Crippen molar-refractivity contribution in [1.82, 2.24) is 10.2 Å². The fraction of sp³-hybridized carbons (Fsp3) is 0.545. The average Bonchev–Trinajstić information content (AvgIpc) is 2.75. The van der Waals surface area contributed by atoms with E-state index in [1.54, 1.807) is 6.07 Å². The van der Waals surface area contributed by atoms with Crippen LogP contribution in [-0.2, 0) is 9.84 Å². The van der Waals surface area contributed by atoms with Crippen molar-refractivity contribution >= 4 is 21.3 Å². The van der Waals surface area contributed by atoms with E-state index in [9.17, 15) is 8.42 Å². The monoisotopic (exact) mass is 414 g/mol. The zero-order valence-electron chi connectivity index (χ0n) is 17.3. The Kier molecular flexibility index (Phi) is 5.76. The molecular weight excluding hydrogens is 384 g/mol. The smallest absolute Gasteiger partial charge is 0.200 e. The summed E-state index contributed by atoms with van der Waals surface area (Å²) in [7, 11) is -3.36. The van der Waals surface area contributed by atoms with Gasteiger partial charge in [-0.05, 0) is 50.5 Å². The van der Waals surface area contributed by atoms with Crippen molar-refractivity contribution in [3.8, 4) is 0 Å². The number of aryl methyl sites for hydroxylation is 2. The lowest BCUT2D eigenvalue weighted by molar-refractivity contribution is 0.481. The van der Waals surface area contributed by atoms with Gasteiger partial charge in [0.1, 0.15) is 0 Å². The third-order valence-corrected chi connectivity index (χ3v) is 8.35. The van der Waals surface area contributed by atoms with E-state index in [0.717, 1.165) is 64.1 Å². The van der Waals surface area contributed by atoms with E-state index in [1.807, 2.05) is 6.07 Å². The topological polar surface area (TPSA) is 66.4 Å². The maximum atomic E-state index is 12.8. The minimum absolute atomic E-state index is 0.127. The molecule has 2 fully saturated rings. The molecule has 2 aromatic rings. The fourth-order valence-electron chi connectivity index (χ4n) is 4.52. The summed E-state index contributed by atoms with van der Waals surface area (Å²) in [4.78, 5) is 4.59. The van der Waals surface area contributed by atoms with E-state index in [-0.39, 0.29) is 10.3 Å². The maximum Gasteiger partial charge on any atom is 0.200 e. The van der Waals surface area contributed by atoms with Crippen molar-refractivity contribution in [1.29, 1.82) is 0 Å². The SMILES string of the molecule is Cc1ccc(N2CCN(c3ccc(S(=O)(=O)C4CCCCC4)nn3)CC2)c(C)c1. The summed E-state index contributed by atoms with van der Waals surface area (Å²) in [6, 6.07) is 10.0. The van der Waals surface area contributed by atoms with E-state index in [4.69, 9.17) is 0 Å². The molecule has 1 saturated heterocycles. The highest BCUT2D eigenvalue weighted by Crippen LogP contribution is 2.28. The highest BCUT2D eigenvalue weighted by atomic mass is 32.2. The average molecular weight is 415 g/mol. The first-order valence-corrected chi connectivity index (χ1v) is 12.1. The Hall–Kier alpha value is -2.15. The summed E-state index contributed by atoms with van der Waals surface area (Å²) < 4.78 is 25.6. The molecule has 1 aromatic heterocycles. The number of nitrogens with zero attached hydrogens (tertiary/aromatic N) is 4. The van der Waals surface area contributed by atoms with Gasteiger partial charge in [0, 0.05) is 31.9 Å². The number of sulfone groups is 1. The molecule has 6 nitrogen and oxygen atoms in total. The van der Waals surface area contributed by atoms with Gasteiger partial charge in [-0.2, -0.15) is 0 Å². The van der Waals surface area contributed by atoms with Gasteiger partial charge < -0.3 is 9.80 Å². The molecule has 1 aliphatic carbocycles. The van der Waals surface area contributed by atoms with Gasteiger partial charge in [-0.15, -0.1) is 10.2 Å². The van der Waals surface area contributed by atoms with Gasteiger partial charge in [0.05, 0.1) is 5.25 Å². The molecule has 7 heteroatoms. The van der Waals surface area contributed by atoms with Gasteiger partial charge in [-0.1, -0.05) is 37.0 Å². The Bertz CT molecular complexity index is 945. The number of piperazine rings is 1. The molecular formula is C22H30N4O2S. The predicted molar refractivity (Wildman–Crippen MR) is 116 cm³/mol. The maximum absolute atomic E-state index is 12.8.